The summed E-state index contributed by atoms with van der Waals surface area (Å²) in [7, 11) is -3.71. The third-order valence-corrected chi connectivity index (χ3v) is 7.80. The molecular formula is C21H22ClN5O4S. The molecule has 168 valence electrons. The molecule has 9 nitrogen and oxygen atoms in total. The van der Waals surface area contributed by atoms with Crippen molar-refractivity contribution in [1.29, 1.82) is 0 Å². The second kappa shape index (κ2) is 8.99. The van der Waals surface area contributed by atoms with Crippen LogP contribution in [0, 0.1) is 0 Å². The minimum atomic E-state index is -3.71. The highest BCUT2D eigenvalue weighted by molar-refractivity contribution is 7.89. The Morgan fingerprint density at radius 2 is 1.69 bits per heavy atom. The largest absolute Gasteiger partial charge is 0.368 e. The third kappa shape index (κ3) is 4.40. The van der Waals surface area contributed by atoms with Gasteiger partial charge in [-0.3, -0.25) is 19.1 Å². The minimum absolute atomic E-state index is 0.0848. The number of primary amides is 1. The van der Waals surface area contributed by atoms with Gasteiger partial charge in [-0.1, -0.05) is 35.9 Å². The summed E-state index contributed by atoms with van der Waals surface area (Å²) < 4.78 is 28.6. The molecule has 4 rings (SSSR count). The summed E-state index contributed by atoms with van der Waals surface area (Å²) in [4.78, 5) is 31.1. The molecule has 0 bridgehead atoms. The maximum atomic E-state index is 13.0. The first-order chi connectivity index (χ1) is 15.3. The number of aromatic nitrogens is 2. The molecular weight excluding hydrogens is 454 g/mol. The van der Waals surface area contributed by atoms with Crippen LogP contribution >= 0.6 is 11.6 Å². The van der Waals surface area contributed by atoms with E-state index in [1.54, 1.807) is 42.5 Å². The van der Waals surface area contributed by atoms with Crippen LogP contribution in [0.1, 0.15) is 5.82 Å². The maximum Gasteiger partial charge on any atom is 0.261 e. The third-order valence-electron chi connectivity index (χ3n) is 5.41. The molecule has 0 saturated carbocycles. The maximum absolute atomic E-state index is 13.0. The van der Waals surface area contributed by atoms with Gasteiger partial charge < -0.3 is 5.73 Å². The molecule has 1 aliphatic rings. The number of nitrogens with zero attached hydrogens (tertiary/aromatic N) is 4. The van der Waals surface area contributed by atoms with E-state index in [0.717, 1.165) is 0 Å². The molecule has 3 aromatic rings. The highest BCUT2D eigenvalue weighted by atomic mass is 35.5. The predicted molar refractivity (Wildman–Crippen MR) is 121 cm³/mol. The fraction of sp³-hybridized carbons (Fsp3) is 0.286. The topological polar surface area (TPSA) is 119 Å². The Morgan fingerprint density at radius 1 is 1.03 bits per heavy atom. The van der Waals surface area contributed by atoms with Crippen molar-refractivity contribution in [3.8, 4) is 0 Å². The molecule has 0 atom stereocenters. The predicted octanol–water partition coefficient (Wildman–Crippen LogP) is 1.04. The van der Waals surface area contributed by atoms with E-state index in [4.69, 9.17) is 17.3 Å². The Labute approximate surface area is 190 Å². The Balaban J connectivity index is 1.55. The van der Waals surface area contributed by atoms with Gasteiger partial charge in [-0.25, -0.2) is 13.4 Å². The number of sulfonamides is 1. The fourth-order valence-electron chi connectivity index (χ4n) is 3.77. The number of carbonyl (C=O) groups is 1. The van der Waals surface area contributed by atoms with Crippen molar-refractivity contribution in [2.24, 2.45) is 5.73 Å². The van der Waals surface area contributed by atoms with Crippen LogP contribution in [-0.2, 0) is 27.9 Å². The molecule has 1 saturated heterocycles. The van der Waals surface area contributed by atoms with Gasteiger partial charge in [-0.05, 0) is 24.3 Å². The number of amides is 1. The number of hydrogen-bond acceptors (Lipinski definition) is 6. The van der Waals surface area contributed by atoms with Gasteiger partial charge in [0.25, 0.3) is 5.56 Å². The number of benzene rings is 2. The summed E-state index contributed by atoms with van der Waals surface area (Å²) >= 11 is 6.09. The molecule has 11 heteroatoms. The van der Waals surface area contributed by atoms with E-state index in [1.165, 1.54) is 14.9 Å². The van der Waals surface area contributed by atoms with Crippen LogP contribution in [0.2, 0.25) is 5.02 Å². The zero-order valence-electron chi connectivity index (χ0n) is 17.1. The Morgan fingerprint density at radius 3 is 2.38 bits per heavy atom. The van der Waals surface area contributed by atoms with Gasteiger partial charge in [0.15, 0.2) is 0 Å². The van der Waals surface area contributed by atoms with Gasteiger partial charge in [0.2, 0.25) is 15.9 Å². The normalized spacial score (nSPS) is 15.8. The van der Waals surface area contributed by atoms with Crippen molar-refractivity contribution in [3.05, 3.63) is 69.7 Å². The van der Waals surface area contributed by atoms with E-state index < -0.39 is 15.9 Å². The smallest absolute Gasteiger partial charge is 0.261 e. The zero-order chi connectivity index (χ0) is 22.9. The van der Waals surface area contributed by atoms with Crippen LogP contribution in [0.25, 0.3) is 10.9 Å². The van der Waals surface area contributed by atoms with E-state index in [-0.39, 0.29) is 41.7 Å². The second-order valence-electron chi connectivity index (χ2n) is 7.51. The number of piperazine rings is 1. The summed E-state index contributed by atoms with van der Waals surface area (Å²) in [5.74, 6) is -0.226. The number of para-hydroxylation sites is 1. The summed E-state index contributed by atoms with van der Waals surface area (Å²) in [5.41, 5.74) is 5.55. The molecule has 2 aromatic carbocycles. The molecule has 1 aliphatic heterocycles. The SMILES string of the molecule is NC(=O)Cn1c(CN2CCN(S(=O)(=O)c3ccccc3Cl)CC2)nc2ccccc2c1=O. The van der Waals surface area contributed by atoms with Gasteiger partial charge in [0.05, 0.1) is 22.5 Å². The monoisotopic (exact) mass is 475 g/mol. The average Bonchev–Trinajstić information content (AvgIpc) is 2.77. The Bertz CT molecular complexity index is 1330. The van der Waals surface area contributed by atoms with Crippen LogP contribution in [-0.4, -0.2) is 59.3 Å². The summed E-state index contributed by atoms with van der Waals surface area (Å²) in [6.45, 7) is 1.41. The number of rotatable bonds is 6. The van der Waals surface area contributed by atoms with Gasteiger partial charge >= 0.3 is 0 Å². The molecule has 0 spiro atoms. The molecule has 1 aromatic heterocycles. The number of carbonyl (C=O) groups excluding carboxylic acids is 1. The average molecular weight is 476 g/mol. The van der Waals surface area contributed by atoms with Crippen molar-refractivity contribution in [2.45, 2.75) is 18.0 Å². The van der Waals surface area contributed by atoms with Crippen molar-refractivity contribution >= 4 is 38.4 Å². The number of fused-ring (bicyclic) bond motifs is 1. The van der Waals surface area contributed by atoms with Crippen molar-refractivity contribution in [2.75, 3.05) is 26.2 Å². The summed E-state index contributed by atoms with van der Waals surface area (Å²) in [6.07, 6.45) is 0. The molecule has 0 unspecified atom stereocenters. The lowest BCUT2D eigenvalue weighted by atomic mass is 10.2. The first-order valence-corrected chi connectivity index (χ1v) is 11.8. The first kappa shape index (κ1) is 22.4. The van der Waals surface area contributed by atoms with Crippen LogP contribution in [0.15, 0.2) is 58.2 Å². The fourth-order valence-corrected chi connectivity index (χ4v) is 5.69. The van der Waals surface area contributed by atoms with Crippen molar-refractivity contribution in [1.82, 2.24) is 18.8 Å². The van der Waals surface area contributed by atoms with Crippen LogP contribution in [0.3, 0.4) is 0 Å². The standard InChI is InChI=1S/C21H22ClN5O4S/c22-16-6-2-4-8-18(16)32(30,31)26-11-9-25(10-12-26)14-20-24-17-7-3-1-5-15(17)21(29)27(20)13-19(23)28/h1-8H,9-14H2,(H2,23,28). The lowest BCUT2D eigenvalue weighted by molar-refractivity contribution is -0.118. The molecule has 2 heterocycles. The van der Waals surface area contributed by atoms with E-state index in [2.05, 4.69) is 4.98 Å². The van der Waals surface area contributed by atoms with Gasteiger partial charge in [0.1, 0.15) is 17.3 Å². The van der Waals surface area contributed by atoms with Crippen LogP contribution in [0.4, 0.5) is 0 Å². The van der Waals surface area contributed by atoms with E-state index >= 15 is 0 Å². The number of nitrogens with two attached hydrogens (primary N) is 1. The van der Waals surface area contributed by atoms with E-state index in [0.29, 0.717) is 29.8 Å². The molecule has 0 radical (unpaired) electrons. The van der Waals surface area contributed by atoms with Gasteiger partial charge in [-0.2, -0.15) is 4.31 Å². The second-order valence-corrected chi connectivity index (χ2v) is 9.83. The van der Waals surface area contributed by atoms with Crippen LogP contribution in [0.5, 0.6) is 0 Å². The molecule has 1 fully saturated rings. The molecule has 2 N–H and O–H groups in total. The Hall–Kier alpha value is -2.79. The lowest BCUT2D eigenvalue weighted by Gasteiger charge is -2.34. The summed E-state index contributed by atoms with van der Waals surface area (Å²) in [5, 5.41) is 0.596. The van der Waals surface area contributed by atoms with Crippen molar-refractivity contribution < 1.29 is 13.2 Å². The van der Waals surface area contributed by atoms with E-state index in [9.17, 15) is 18.0 Å². The highest BCUT2D eigenvalue weighted by Crippen LogP contribution is 2.25. The first-order valence-electron chi connectivity index (χ1n) is 10.0. The van der Waals surface area contributed by atoms with E-state index in [1.807, 2.05) is 4.90 Å². The summed E-state index contributed by atoms with van der Waals surface area (Å²) in [6, 6.07) is 13.3. The van der Waals surface area contributed by atoms with Gasteiger partial charge in [-0.15, -0.1) is 0 Å². The molecule has 0 aliphatic carbocycles. The highest BCUT2D eigenvalue weighted by Gasteiger charge is 2.30. The molecule has 1 amide bonds. The van der Waals surface area contributed by atoms with Gasteiger partial charge in [0, 0.05) is 26.2 Å². The zero-order valence-corrected chi connectivity index (χ0v) is 18.7. The number of hydrogen-bond donors (Lipinski definition) is 1. The van der Waals surface area contributed by atoms with Crippen LogP contribution < -0.4 is 11.3 Å². The quantitative estimate of drug-likeness (QED) is 0.569. The number of halogens is 1. The lowest BCUT2D eigenvalue weighted by Crippen LogP contribution is -2.48. The Kier molecular flexibility index (Phi) is 6.29. The molecule has 32 heavy (non-hydrogen) atoms. The van der Waals surface area contributed by atoms with Crippen molar-refractivity contribution in [3.63, 3.8) is 0 Å². The minimum Gasteiger partial charge on any atom is -0.368 e.